The van der Waals surface area contributed by atoms with Crippen molar-refractivity contribution in [3.8, 4) is 22.5 Å². The number of nitrogens with two attached hydrogens (primary N) is 1. The minimum absolute atomic E-state index is 0.157. The molecule has 6 rings (SSSR count). The summed E-state index contributed by atoms with van der Waals surface area (Å²) in [7, 11) is 0. The average Bonchev–Trinajstić information content (AvgIpc) is 3.29. The van der Waals surface area contributed by atoms with Crippen LogP contribution < -0.4 is 15.8 Å². The van der Waals surface area contributed by atoms with Crippen molar-refractivity contribution in [2.45, 2.75) is 18.9 Å². The first-order chi connectivity index (χ1) is 15.8. The molecule has 0 aliphatic carbocycles. The third kappa shape index (κ3) is 3.08. The average molecular weight is 444 g/mol. The summed E-state index contributed by atoms with van der Waals surface area (Å²) in [5, 5.41) is 11.4. The molecule has 2 aromatic carbocycles. The van der Waals surface area contributed by atoms with Crippen LogP contribution in [0.5, 0.6) is 0 Å². The first kappa shape index (κ1) is 19.8. The molecule has 1 amide bonds. The maximum Gasteiger partial charge on any atom is 0.245 e. The summed E-state index contributed by atoms with van der Waals surface area (Å²) in [6.07, 6.45) is 3.77. The van der Waals surface area contributed by atoms with Crippen molar-refractivity contribution >= 4 is 23.1 Å². The van der Waals surface area contributed by atoms with Crippen molar-refractivity contribution in [2.24, 2.45) is 5.84 Å². The van der Waals surface area contributed by atoms with Crippen molar-refractivity contribution in [3.63, 3.8) is 0 Å². The van der Waals surface area contributed by atoms with Gasteiger partial charge in [0, 0.05) is 36.6 Å². The summed E-state index contributed by atoms with van der Waals surface area (Å²) >= 11 is 0. The van der Waals surface area contributed by atoms with Crippen molar-refractivity contribution < 1.29 is 14.3 Å². The minimum atomic E-state index is -0.760. The number of rotatable bonds is 3. The third-order valence-corrected chi connectivity index (χ3v) is 6.23. The van der Waals surface area contributed by atoms with Gasteiger partial charge in [0.05, 0.1) is 29.1 Å². The first-order valence-corrected chi connectivity index (χ1v) is 10.6. The molecule has 0 saturated carbocycles. The second-order valence-electron chi connectivity index (χ2n) is 8.90. The van der Waals surface area contributed by atoms with Gasteiger partial charge in [0.25, 0.3) is 0 Å². The van der Waals surface area contributed by atoms with E-state index in [1.165, 1.54) is 17.1 Å². The van der Waals surface area contributed by atoms with E-state index in [0.29, 0.717) is 35.9 Å². The Labute approximate surface area is 188 Å². The molecule has 8 nitrogen and oxygen atoms in total. The van der Waals surface area contributed by atoms with Gasteiger partial charge in [-0.15, -0.1) is 0 Å². The highest BCUT2D eigenvalue weighted by atomic mass is 19.1. The second kappa shape index (κ2) is 6.84. The Morgan fingerprint density at radius 3 is 2.58 bits per heavy atom. The van der Waals surface area contributed by atoms with Gasteiger partial charge in [-0.3, -0.25) is 9.20 Å². The van der Waals surface area contributed by atoms with Crippen molar-refractivity contribution in [1.29, 1.82) is 0 Å². The number of hydrogen-bond donors (Lipinski definition) is 2. The lowest BCUT2D eigenvalue weighted by Crippen LogP contribution is -2.60. The molecule has 9 heteroatoms. The van der Waals surface area contributed by atoms with E-state index in [4.69, 9.17) is 10.8 Å². The predicted octanol–water partition coefficient (Wildman–Crippen LogP) is 2.54. The molecule has 4 heterocycles. The smallest absolute Gasteiger partial charge is 0.245 e. The number of carbonyl (C=O) groups is 1. The van der Waals surface area contributed by atoms with E-state index in [9.17, 15) is 14.3 Å². The van der Waals surface area contributed by atoms with E-state index < -0.39 is 5.60 Å². The number of imidazole rings is 1. The number of halogens is 1. The summed E-state index contributed by atoms with van der Waals surface area (Å²) in [6.45, 7) is 2.71. The number of fused-ring (bicyclic) bond motifs is 2. The monoisotopic (exact) mass is 444 g/mol. The van der Waals surface area contributed by atoms with Crippen LogP contribution in [0.2, 0.25) is 0 Å². The SMILES string of the molecule is CC1(O)CN(c2nccn3c(-c4ccc5c(c4)CC(=O)N5N)c(-c4ccc(F)cc4)nc23)C1. The first-order valence-electron chi connectivity index (χ1n) is 10.6. The normalized spacial score (nSPS) is 16.9. The molecule has 2 aromatic heterocycles. The lowest BCUT2D eigenvalue weighted by atomic mass is 9.97. The predicted molar refractivity (Wildman–Crippen MR) is 122 cm³/mol. The quantitative estimate of drug-likeness (QED) is 0.372. The van der Waals surface area contributed by atoms with E-state index in [1.807, 2.05) is 33.7 Å². The Morgan fingerprint density at radius 2 is 1.85 bits per heavy atom. The summed E-state index contributed by atoms with van der Waals surface area (Å²) < 4.78 is 15.6. The maximum absolute atomic E-state index is 13.6. The Balaban J connectivity index is 1.57. The molecule has 0 unspecified atom stereocenters. The highest BCUT2D eigenvalue weighted by molar-refractivity contribution is 6.01. The van der Waals surface area contributed by atoms with Crippen LogP contribution in [0, 0.1) is 5.82 Å². The number of amides is 1. The number of benzene rings is 2. The zero-order chi connectivity index (χ0) is 22.9. The molecular formula is C24H21FN6O2. The van der Waals surface area contributed by atoms with Gasteiger partial charge in [0.15, 0.2) is 11.5 Å². The number of aromatic nitrogens is 3. The Kier molecular flexibility index (Phi) is 4.11. The number of nitrogens with zero attached hydrogens (tertiary/aromatic N) is 5. The fourth-order valence-electron chi connectivity index (χ4n) is 4.69. The molecule has 4 aromatic rings. The van der Waals surface area contributed by atoms with E-state index >= 15 is 0 Å². The highest BCUT2D eigenvalue weighted by Crippen LogP contribution is 2.39. The molecule has 33 heavy (non-hydrogen) atoms. The standard InChI is InChI=1S/C24H21FN6O2/c1-24(33)12-29(13-24)22-23-28-20(14-2-5-17(25)6-3-14)21(30(23)9-8-27-22)15-4-7-18-16(10-15)11-19(32)31(18)26/h2-10,33H,11-13,26H2,1H3. The molecule has 2 aliphatic rings. The Morgan fingerprint density at radius 1 is 1.12 bits per heavy atom. The van der Waals surface area contributed by atoms with Crippen LogP contribution in [-0.2, 0) is 11.2 Å². The minimum Gasteiger partial charge on any atom is -0.386 e. The van der Waals surface area contributed by atoms with Crippen LogP contribution >= 0.6 is 0 Å². The number of hydrogen-bond acceptors (Lipinski definition) is 6. The van der Waals surface area contributed by atoms with E-state index in [2.05, 4.69) is 4.98 Å². The largest absolute Gasteiger partial charge is 0.386 e. The van der Waals surface area contributed by atoms with E-state index in [-0.39, 0.29) is 18.1 Å². The van der Waals surface area contributed by atoms with Gasteiger partial charge in [0.1, 0.15) is 5.82 Å². The second-order valence-corrected chi connectivity index (χ2v) is 8.90. The van der Waals surface area contributed by atoms with Gasteiger partial charge in [-0.25, -0.2) is 25.2 Å². The summed E-state index contributed by atoms with van der Waals surface area (Å²) in [5.41, 5.74) is 4.50. The molecule has 166 valence electrons. The molecule has 0 atom stereocenters. The van der Waals surface area contributed by atoms with Gasteiger partial charge in [-0.05, 0) is 48.9 Å². The number of anilines is 2. The molecule has 1 fully saturated rings. The molecule has 0 radical (unpaired) electrons. The number of β-amino-alcohol motifs (C(OH)–C–C–N with tert-alkyl or cyclic N) is 1. The molecule has 3 N–H and O–H groups in total. The lowest BCUT2D eigenvalue weighted by Gasteiger charge is -2.44. The third-order valence-electron chi connectivity index (χ3n) is 6.23. The van der Waals surface area contributed by atoms with Crippen LogP contribution in [0.15, 0.2) is 54.9 Å². The number of carbonyl (C=O) groups excluding carboxylic acids is 1. The number of aliphatic hydroxyl groups is 1. The van der Waals surface area contributed by atoms with Crippen LogP contribution in [0.25, 0.3) is 28.2 Å². The van der Waals surface area contributed by atoms with Crippen LogP contribution in [0.3, 0.4) is 0 Å². The van der Waals surface area contributed by atoms with Crippen LogP contribution in [0.4, 0.5) is 15.9 Å². The maximum atomic E-state index is 13.6. The van der Waals surface area contributed by atoms with Crippen LogP contribution in [-0.4, -0.2) is 44.1 Å². The van der Waals surface area contributed by atoms with Crippen molar-refractivity contribution in [2.75, 3.05) is 23.0 Å². The van der Waals surface area contributed by atoms with Gasteiger partial charge >= 0.3 is 0 Å². The summed E-state index contributed by atoms with van der Waals surface area (Å²) in [5.74, 6) is 6.06. The summed E-state index contributed by atoms with van der Waals surface area (Å²) in [6, 6.07) is 11.9. The fourth-order valence-corrected chi connectivity index (χ4v) is 4.69. The Bertz CT molecular complexity index is 1420. The van der Waals surface area contributed by atoms with E-state index in [0.717, 1.165) is 22.4 Å². The lowest BCUT2D eigenvalue weighted by molar-refractivity contribution is -0.117. The fraction of sp³-hybridized carbons (Fsp3) is 0.208. The van der Waals surface area contributed by atoms with Gasteiger partial charge < -0.3 is 10.0 Å². The Hall–Kier alpha value is -3.82. The van der Waals surface area contributed by atoms with Gasteiger partial charge in [-0.2, -0.15) is 0 Å². The topological polar surface area (TPSA) is 100.0 Å². The molecule has 2 aliphatic heterocycles. The summed E-state index contributed by atoms with van der Waals surface area (Å²) in [4.78, 5) is 23.5. The number of hydrazine groups is 1. The van der Waals surface area contributed by atoms with Crippen molar-refractivity contribution in [1.82, 2.24) is 14.4 Å². The van der Waals surface area contributed by atoms with Crippen molar-refractivity contribution in [3.05, 3.63) is 66.2 Å². The highest BCUT2D eigenvalue weighted by Gasteiger charge is 2.38. The van der Waals surface area contributed by atoms with Gasteiger partial charge in [0.2, 0.25) is 5.91 Å². The molecule has 0 spiro atoms. The van der Waals surface area contributed by atoms with Crippen LogP contribution in [0.1, 0.15) is 12.5 Å². The molecular weight excluding hydrogens is 423 g/mol. The van der Waals surface area contributed by atoms with E-state index in [1.54, 1.807) is 25.3 Å². The molecule has 0 bridgehead atoms. The zero-order valence-corrected chi connectivity index (χ0v) is 17.9. The zero-order valence-electron chi connectivity index (χ0n) is 17.9. The van der Waals surface area contributed by atoms with Gasteiger partial charge in [-0.1, -0.05) is 6.07 Å². The molecule has 1 saturated heterocycles.